The third-order valence-electron chi connectivity index (χ3n) is 4.10. The van der Waals surface area contributed by atoms with Gasteiger partial charge in [-0.05, 0) is 33.6 Å². The maximum absolute atomic E-state index is 12.6. The lowest BCUT2D eigenvalue weighted by Gasteiger charge is -2.15. The van der Waals surface area contributed by atoms with Crippen LogP contribution in [0.3, 0.4) is 0 Å². The minimum atomic E-state index is -0.566. The van der Waals surface area contributed by atoms with E-state index < -0.39 is 5.97 Å². The molecule has 1 aromatic carbocycles. The van der Waals surface area contributed by atoms with E-state index in [4.69, 9.17) is 9.84 Å². The van der Waals surface area contributed by atoms with Gasteiger partial charge in [-0.2, -0.15) is 5.10 Å². The molecule has 3 rings (SSSR count). The van der Waals surface area contributed by atoms with Crippen LogP contribution in [0, 0.1) is 0 Å². The topological polar surface area (TPSA) is 96.7 Å². The van der Waals surface area contributed by atoms with E-state index in [1.807, 2.05) is 30.5 Å². The number of aliphatic hydroxyl groups is 1. The largest absolute Gasteiger partial charge is 0.466 e. The smallest absolute Gasteiger partial charge is 0.337 e. The van der Waals surface area contributed by atoms with Crippen molar-refractivity contribution in [2.75, 3.05) is 32.1 Å². The number of halogens is 1. The summed E-state index contributed by atoms with van der Waals surface area (Å²) in [5.74, 6) is -0.908. The summed E-state index contributed by atoms with van der Waals surface area (Å²) in [5, 5.41) is 16.4. The van der Waals surface area contributed by atoms with E-state index in [0.29, 0.717) is 12.2 Å². The fourth-order valence-corrected chi connectivity index (χ4v) is 3.18. The first-order valence-corrected chi connectivity index (χ1v) is 9.06. The lowest BCUT2D eigenvalue weighted by molar-refractivity contribution is -0.136. The molecule has 0 bridgehead atoms. The van der Waals surface area contributed by atoms with Crippen LogP contribution >= 0.6 is 15.9 Å². The fraction of sp³-hybridized carbons (Fsp3) is 0.278. The summed E-state index contributed by atoms with van der Waals surface area (Å²) in [6.45, 7) is 0.644. The van der Waals surface area contributed by atoms with Gasteiger partial charge in [-0.1, -0.05) is 12.1 Å². The molecule has 2 aromatic rings. The van der Waals surface area contributed by atoms with E-state index in [2.05, 4.69) is 26.3 Å². The van der Waals surface area contributed by atoms with Gasteiger partial charge < -0.3 is 20.1 Å². The number of amides is 1. The molecule has 1 aliphatic rings. The van der Waals surface area contributed by atoms with E-state index in [-0.39, 0.29) is 36.9 Å². The maximum atomic E-state index is 12.6. The number of hydrogen-bond donors (Lipinski definition) is 2. The van der Waals surface area contributed by atoms with Crippen molar-refractivity contribution in [3.05, 3.63) is 58.0 Å². The number of rotatable bonds is 7. The Morgan fingerprint density at radius 1 is 1.44 bits per heavy atom. The molecule has 0 unspecified atom stereocenters. The molecule has 1 aromatic heterocycles. The predicted molar refractivity (Wildman–Crippen MR) is 102 cm³/mol. The molecule has 9 heteroatoms. The molecule has 0 fully saturated rings. The molecule has 1 amide bonds. The Balaban J connectivity index is 1.82. The van der Waals surface area contributed by atoms with Crippen LogP contribution in [-0.2, 0) is 20.9 Å². The number of carbonyl (C=O) groups excluding carboxylic acids is 2. The molecule has 0 saturated heterocycles. The average molecular weight is 435 g/mol. The second-order valence-electron chi connectivity index (χ2n) is 5.98. The number of carbonyl (C=O) groups is 2. The van der Waals surface area contributed by atoms with Gasteiger partial charge in [0, 0.05) is 18.4 Å². The van der Waals surface area contributed by atoms with Crippen LogP contribution in [0.25, 0.3) is 0 Å². The lowest BCUT2D eigenvalue weighted by Crippen LogP contribution is -2.31. The van der Waals surface area contributed by atoms with Crippen molar-refractivity contribution >= 4 is 33.5 Å². The van der Waals surface area contributed by atoms with E-state index >= 15 is 0 Å². The Bertz CT molecular complexity index is 893. The lowest BCUT2D eigenvalue weighted by atomic mass is 10.2. The summed E-state index contributed by atoms with van der Waals surface area (Å²) < 4.78 is 7.47. The maximum Gasteiger partial charge on any atom is 0.337 e. The molecule has 0 radical (unpaired) electrons. The highest BCUT2D eigenvalue weighted by molar-refractivity contribution is 9.10. The van der Waals surface area contributed by atoms with Crippen molar-refractivity contribution in [3.63, 3.8) is 0 Å². The van der Waals surface area contributed by atoms with Crippen molar-refractivity contribution < 1.29 is 19.4 Å². The van der Waals surface area contributed by atoms with Crippen molar-refractivity contribution in [2.24, 2.45) is 0 Å². The van der Waals surface area contributed by atoms with Crippen LogP contribution in [0.4, 0.5) is 5.69 Å². The standard InChI is InChI=1S/C18H19BrN4O4/c1-27-18(26)15-11-22(5-6-24)17(25)16(15)21-14-4-2-3-12(7-14)9-23-10-13(19)8-20-23/h2-4,7-8,10,21,24H,5-6,9,11H2,1H3. The van der Waals surface area contributed by atoms with Crippen molar-refractivity contribution in [1.29, 1.82) is 0 Å². The Hall–Kier alpha value is -2.65. The highest BCUT2D eigenvalue weighted by atomic mass is 79.9. The van der Waals surface area contributed by atoms with Gasteiger partial charge in [0.25, 0.3) is 5.91 Å². The number of nitrogens with zero attached hydrogens (tertiary/aromatic N) is 3. The molecule has 1 aliphatic heterocycles. The zero-order valence-corrected chi connectivity index (χ0v) is 16.3. The first kappa shape index (κ1) is 19.1. The minimum absolute atomic E-state index is 0.107. The van der Waals surface area contributed by atoms with Crippen LogP contribution in [0.2, 0.25) is 0 Å². The molecule has 8 nitrogen and oxygen atoms in total. The first-order valence-electron chi connectivity index (χ1n) is 8.27. The van der Waals surface area contributed by atoms with Crippen LogP contribution in [-0.4, -0.2) is 58.5 Å². The van der Waals surface area contributed by atoms with Gasteiger partial charge in [0.15, 0.2) is 0 Å². The average Bonchev–Trinajstić information content (AvgIpc) is 3.19. The number of benzene rings is 1. The SMILES string of the molecule is COC(=O)C1=C(Nc2cccc(Cn3cc(Br)cn3)c2)C(=O)N(CCO)C1. The molecule has 0 atom stereocenters. The van der Waals surface area contributed by atoms with Gasteiger partial charge in [0.2, 0.25) is 0 Å². The first-order chi connectivity index (χ1) is 13.0. The monoisotopic (exact) mass is 434 g/mol. The van der Waals surface area contributed by atoms with E-state index in [9.17, 15) is 9.59 Å². The normalized spacial score (nSPS) is 14.0. The number of β-amino-alcohol motifs (C(OH)–C–C–N with tert-alkyl or cyclic N) is 1. The highest BCUT2D eigenvalue weighted by Crippen LogP contribution is 2.23. The highest BCUT2D eigenvalue weighted by Gasteiger charge is 2.34. The number of nitrogens with one attached hydrogen (secondary N) is 1. The third kappa shape index (κ3) is 4.37. The number of ether oxygens (including phenoxy) is 1. The van der Waals surface area contributed by atoms with Gasteiger partial charge in [0.05, 0.1) is 43.0 Å². The van der Waals surface area contributed by atoms with Crippen molar-refractivity contribution in [3.8, 4) is 0 Å². The summed E-state index contributed by atoms with van der Waals surface area (Å²) in [6, 6.07) is 7.51. The van der Waals surface area contributed by atoms with Gasteiger partial charge in [-0.3, -0.25) is 9.48 Å². The minimum Gasteiger partial charge on any atom is -0.466 e. The summed E-state index contributed by atoms with van der Waals surface area (Å²) in [4.78, 5) is 26.0. The van der Waals surface area contributed by atoms with Crippen LogP contribution in [0.5, 0.6) is 0 Å². The van der Waals surface area contributed by atoms with E-state index in [1.54, 1.807) is 10.9 Å². The molecular formula is C18H19BrN4O4. The van der Waals surface area contributed by atoms with E-state index in [0.717, 1.165) is 10.0 Å². The Labute approximate surface area is 164 Å². The molecule has 2 heterocycles. The Kier molecular flexibility index (Phi) is 5.92. The third-order valence-corrected chi connectivity index (χ3v) is 4.51. The zero-order valence-electron chi connectivity index (χ0n) is 14.7. The molecule has 142 valence electrons. The Morgan fingerprint density at radius 2 is 2.26 bits per heavy atom. The van der Waals surface area contributed by atoms with Crippen LogP contribution in [0.15, 0.2) is 52.4 Å². The number of esters is 1. The van der Waals surface area contributed by atoms with Crippen LogP contribution in [0.1, 0.15) is 5.56 Å². The summed E-state index contributed by atoms with van der Waals surface area (Å²) in [6.07, 6.45) is 3.58. The number of aromatic nitrogens is 2. The van der Waals surface area contributed by atoms with Crippen molar-refractivity contribution in [1.82, 2.24) is 14.7 Å². The number of anilines is 1. The Morgan fingerprint density at radius 3 is 2.93 bits per heavy atom. The summed E-state index contributed by atoms with van der Waals surface area (Å²) in [7, 11) is 1.27. The fourth-order valence-electron chi connectivity index (χ4n) is 2.85. The second kappa shape index (κ2) is 8.36. The second-order valence-corrected chi connectivity index (χ2v) is 6.89. The molecule has 2 N–H and O–H groups in total. The molecule has 0 saturated carbocycles. The van der Waals surface area contributed by atoms with Gasteiger partial charge in [-0.25, -0.2) is 4.79 Å². The predicted octanol–water partition coefficient (Wildman–Crippen LogP) is 1.37. The number of aliphatic hydroxyl groups excluding tert-OH is 1. The van der Waals surface area contributed by atoms with Gasteiger partial charge >= 0.3 is 5.97 Å². The van der Waals surface area contributed by atoms with E-state index in [1.165, 1.54) is 12.0 Å². The van der Waals surface area contributed by atoms with Crippen molar-refractivity contribution in [2.45, 2.75) is 6.54 Å². The molecule has 0 spiro atoms. The molecular weight excluding hydrogens is 416 g/mol. The van der Waals surface area contributed by atoms with Gasteiger partial charge in [-0.15, -0.1) is 0 Å². The summed E-state index contributed by atoms with van der Waals surface area (Å²) >= 11 is 3.36. The molecule has 0 aliphatic carbocycles. The number of hydrogen-bond acceptors (Lipinski definition) is 6. The number of methoxy groups -OCH3 is 1. The molecule has 27 heavy (non-hydrogen) atoms. The zero-order chi connectivity index (χ0) is 19.4. The van der Waals surface area contributed by atoms with Crippen LogP contribution < -0.4 is 5.32 Å². The quantitative estimate of drug-likeness (QED) is 0.638. The summed E-state index contributed by atoms with van der Waals surface area (Å²) in [5.41, 5.74) is 2.08. The van der Waals surface area contributed by atoms with Gasteiger partial charge in [0.1, 0.15) is 5.70 Å².